The van der Waals surface area contributed by atoms with Crippen molar-refractivity contribution in [2.75, 3.05) is 13.2 Å². The van der Waals surface area contributed by atoms with Gasteiger partial charge in [0, 0.05) is 41.1 Å². The van der Waals surface area contributed by atoms with Gasteiger partial charge in [-0.2, -0.15) is 0 Å². The van der Waals surface area contributed by atoms with Gasteiger partial charge in [-0.3, -0.25) is 0 Å². The fourth-order valence-electron chi connectivity index (χ4n) is 3.83. The summed E-state index contributed by atoms with van der Waals surface area (Å²) in [6, 6.07) is 7.88. The summed E-state index contributed by atoms with van der Waals surface area (Å²) in [7, 11) is 0. The maximum atomic E-state index is 10.3. The van der Waals surface area contributed by atoms with Crippen LogP contribution in [0.5, 0.6) is 0 Å². The maximum absolute atomic E-state index is 10.3. The van der Waals surface area contributed by atoms with Crippen molar-refractivity contribution in [1.82, 2.24) is 5.32 Å². The Kier molecular flexibility index (Phi) is 3.80. The Morgan fingerprint density at radius 1 is 1.45 bits per heavy atom. The van der Waals surface area contributed by atoms with Gasteiger partial charge in [0.15, 0.2) is 0 Å². The molecule has 1 aliphatic carbocycles. The molecule has 0 amide bonds. The molecular formula is C16H22ClNO2. The Bertz CT molecular complexity index is 491. The molecule has 2 fully saturated rings. The van der Waals surface area contributed by atoms with Crippen LogP contribution in [0, 0.1) is 11.3 Å². The van der Waals surface area contributed by atoms with Crippen LogP contribution in [0.1, 0.15) is 31.9 Å². The molecule has 2 aliphatic rings. The molecule has 20 heavy (non-hydrogen) atoms. The standard InChI is InChI=1S/C16H22ClNO2/c1-16(2)14(11-7-8-20-15(11)16)18-9-13(19)10-5-3-4-6-12(10)17/h3-6,11,13-15,18-19H,7-9H2,1-2H3. The molecule has 0 spiro atoms. The average molecular weight is 296 g/mol. The summed E-state index contributed by atoms with van der Waals surface area (Å²) in [6.07, 6.45) is 0.923. The zero-order valence-electron chi connectivity index (χ0n) is 12.0. The molecule has 1 aliphatic heterocycles. The third-order valence-electron chi connectivity index (χ3n) is 4.90. The number of hydrogen-bond acceptors (Lipinski definition) is 3. The van der Waals surface area contributed by atoms with E-state index in [2.05, 4.69) is 19.2 Å². The van der Waals surface area contributed by atoms with Crippen molar-refractivity contribution in [1.29, 1.82) is 0 Å². The van der Waals surface area contributed by atoms with Gasteiger partial charge >= 0.3 is 0 Å². The van der Waals surface area contributed by atoms with Crippen molar-refractivity contribution >= 4 is 11.6 Å². The Hall–Kier alpha value is -0.610. The second-order valence-corrected chi connectivity index (χ2v) is 6.90. The molecule has 3 nitrogen and oxygen atoms in total. The number of rotatable bonds is 4. The molecule has 1 saturated heterocycles. The molecule has 1 saturated carbocycles. The Labute approximate surface area is 125 Å². The molecule has 4 unspecified atom stereocenters. The van der Waals surface area contributed by atoms with Gasteiger partial charge in [-0.25, -0.2) is 0 Å². The van der Waals surface area contributed by atoms with E-state index in [0.29, 0.717) is 29.6 Å². The highest BCUT2D eigenvalue weighted by Gasteiger charge is 2.58. The van der Waals surface area contributed by atoms with Crippen LogP contribution < -0.4 is 5.32 Å². The molecule has 2 N–H and O–H groups in total. The van der Waals surface area contributed by atoms with Crippen molar-refractivity contribution in [3.8, 4) is 0 Å². The minimum absolute atomic E-state index is 0.140. The predicted molar refractivity (Wildman–Crippen MR) is 79.8 cm³/mol. The minimum atomic E-state index is -0.569. The van der Waals surface area contributed by atoms with Crippen molar-refractivity contribution in [3.05, 3.63) is 34.9 Å². The first-order valence-corrected chi connectivity index (χ1v) is 7.67. The molecule has 0 bridgehead atoms. The van der Waals surface area contributed by atoms with Gasteiger partial charge in [0.05, 0.1) is 12.2 Å². The number of ether oxygens (including phenoxy) is 1. The predicted octanol–water partition coefficient (Wildman–Crippen LogP) is 2.78. The molecule has 1 heterocycles. The largest absolute Gasteiger partial charge is 0.387 e. The number of benzene rings is 1. The summed E-state index contributed by atoms with van der Waals surface area (Å²) in [6.45, 7) is 5.86. The Morgan fingerprint density at radius 3 is 2.95 bits per heavy atom. The minimum Gasteiger partial charge on any atom is -0.387 e. The normalized spacial score (nSPS) is 32.5. The zero-order valence-corrected chi connectivity index (χ0v) is 12.7. The number of halogens is 1. The number of fused-ring (bicyclic) bond motifs is 1. The van der Waals surface area contributed by atoms with Crippen LogP contribution >= 0.6 is 11.6 Å². The molecule has 3 rings (SSSR count). The number of aliphatic hydroxyl groups is 1. The van der Waals surface area contributed by atoms with Crippen LogP contribution in [0.15, 0.2) is 24.3 Å². The van der Waals surface area contributed by atoms with Crippen molar-refractivity contribution in [2.45, 2.75) is 38.5 Å². The molecule has 4 atom stereocenters. The molecule has 1 aromatic rings. The lowest BCUT2D eigenvalue weighted by Crippen LogP contribution is -2.66. The topological polar surface area (TPSA) is 41.5 Å². The maximum Gasteiger partial charge on any atom is 0.0928 e. The van der Waals surface area contributed by atoms with E-state index >= 15 is 0 Å². The Balaban J connectivity index is 1.61. The number of nitrogens with one attached hydrogen (secondary N) is 1. The zero-order chi connectivity index (χ0) is 14.3. The van der Waals surface area contributed by atoms with Crippen LogP contribution in [-0.2, 0) is 4.74 Å². The second-order valence-electron chi connectivity index (χ2n) is 6.49. The van der Waals surface area contributed by atoms with Gasteiger partial charge in [0.1, 0.15) is 0 Å². The highest BCUT2D eigenvalue weighted by atomic mass is 35.5. The quantitative estimate of drug-likeness (QED) is 0.897. The summed E-state index contributed by atoms with van der Waals surface area (Å²) < 4.78 is 5.78. The van der Waals surface area contributed by atoms with Crippen LogP contribution in [0.4, 0.5) is 0 Å². The van der Waals surface area contributed by atoms with E-state index in [0.717, 1.165) is 18.6 Å². The summed E-state index contributed by atoms with van der Waals surface area (Å²) in [5.41, 5.74) is 0.930. The molecular weight excluding hydrogens is 274 g/mol. The summed E-state index contributed by atoms with van der Waals surface area (Å²) in [5, 5.41) is 14.4. The van der Waals surface area contributed by atoms with E-state index in [1.807, 2.05) is 24.3 Å². The van der Waals surface area contributed by atoms with Gasteiger partial charge in [-0.15, -0.1) is 0 Å². The lowest BCUT2D eigenvalue weighted by molar-refractivity contribution is -0.114. The number of hydrogen-bond donors (Lipinski definition) is 2. The molecule has 0 radical (unpaired) electrons. The van der Waals surface area contributed by atoms with E-state index < -0.39 is 6.10 Å². The van der Waals surface area contributed by atoms with Gasteiger partial charge in [-0.1, -0.05) is 43.6 Å². The molecule has 4 heteroatoms. The van der Waals surface area contributed by atoms with Crippen LogP contribution in [0.25, 0.3) is 0 Å². The smallest absolute Gasteiger partial charge is 0.0928 e. The fourth-order valence-corrected chi connectivity index (χ4v) is 4.09. The molecule has 0 aromatic heterocycles. The highest BCUT2D eigenvalue weighted by Crippen LogP contribution is 2.52. The van der Waals surface area contributed by atoms with Crippen LogP contribution in [-0.4, -0.2) is 30.4 Å². The lowest BCUT2D eigenvalue weighted by Gasteiger charge is -2.55. The highest BCUT2D eigenvalue weighted by molar-refractivity contribution is 6.31. The van der Waals surface area contributed by atoms with E-state index in [-0.39, 0.29) is 5.41 Å². The third-order valence-corrected chi connectivity index (χ3v) is 5.24. The SMILES string of the molecule is CC1(C)C(NCC(O)c2ccccc2Cl)C2CCOC21. The first-order valence-electron chi connectivity index (χ1n) is 7.29. The monoisotopic (exact) mass is 295 g/mol. The van der Waals surface area contributed by atoms with Crippen molar-refractivity contribution in [3.63, 3.8) is 0 Å². The van der Waals surface area contributed by atoms with E-state index in [4.69, 9.17) is 16.3 Å². The van der Waals surface area contributed by atoms with Crippen molar-refractivity contribution in [2.24, 2.45) is 11.3 Å². The summed E-state index contributed by atoms with van der Waals surface area (Å²) in [4.78, 5) is 0. The van der Waals surface area contributed by atoms with Gasteiger partial charge in [0.2, 0.25) is 0 Å². The van der Waals surface area contributed by atoms with Crippen LogP contribution in [0.3, 0.4) is 0 Å². The van der Waals surface area contributed by atoms with Gasteiger partial charge in [-0.05, 0) is 12.5 Å². The van der Waals surface area contributed by atoms with Crippen molar-refractivity contribution < 1.29 is 9.84 Å². The first kappa shape index (κ1) is 14.3. The molecule has 1 aromatic carbocycles. The second kappa shape index (κ2) is 5.30. The first-order chi connectivity index (χ1) is 9.51. The summed E-state index contributed by atoms with van der Waals surface area (Å²) >= 11 is 6.12. The Morgan fingerprint density at radius 2 is 2.20 bits per heavy atom. The lowest BCUT2D eigenvalue weighted by atomic mass is 9.57. The van der Waals surface area contributed by atoms with E-state index in [1.165, 1.54) is 0 Å². The summed E-state index contributed by atoms with van der Waals surface area (Å²) in [5.74, 6) is 0.587. The fraction of sp³-hybridized carbons (Fsp3) is 0.625. The molecule has 110 valence electrons. The van der Waals surface area contributed by atoms with E-state index in [9.17, 15) is 5.11 Å². The van der Waals surface area contributed by atoms with Gasteiger partial charge in [0.25, 0.3) is 0 Å². The number of aliphatic hydroxyl groups excluding tert-OH is 1. The third kappa shape index (κ3) is 2.27. The average Bonchev–Trinajstić information content (AvgIpc) is 2.85. The van der Waals surface area contributed by atoms with E-state index in [1.54, 1.807) is 0 Å². The van der Waals surface area contributed by atoms with Gasteiger partial charge < -0.3 is 15.2 Å². The van der Waals surface area contributed by atoms with Crippen LogP contribution in [0.2, 0.25) is 5.02 Å².